The third-order valence-electron chi connectivity index (χ3n) is 2.15. The fraction of sp³-hybridized carbons (Fsp3) is 0. The molecule has 2 aromatic rings. The normalized spacial score (nSPS) is 10.1. The SMILES string of the molecule is N#Cc1cnc2c(I)cc(Cl)cc2c1NN. The minimum atomic E-state index is 0.396. The summed E-state index contributed by atoms with van der Waals surface area (Å²) in [6.45, 7) is 0. The van der Waals surface area contributed by atoms with Gasteiger partial charge in [-0.05, 0) is 34.7 Å². The van der Waals surface area contributed by atoms with E-state index in [4.69, 9.17) is 22.7 Å². The molecule has 0 unspecified atom stereocenters. The van der Waals surface area contributed by atoms with E-state index in [2.05, 4.69) is 33.0 Å². The highest BCUT2D eigenvalue weighted by atomic mass is 127. The third-order valence-corrected chi connectivity index (χ3v) is 3.19. The Bertz CT molecular complexity index is 606. The smallest absolute Gasteiger partial charge is 0.103 e. The molecule has 0 aliphatic carbocycles. The van der Waals surface area contributed by atoms with Gasteiger partial charge >= 0.3 is 0 Å². The largest absolute Gasteiger partial charge is 0.322 e. The van der Waals surface area contributed by atoms with Crippen molar-refractivity contribution in [2.75, 3.05) is 5.43 Å². The second-order valence-corrected chi connectivity index (χ2v) is 4.69. The maximum atomic E-state index is 8.93. The fourth-order valence-electron chi connectivity index (χ4n) is 1.47. The minimum absolute atomic E-state index is 0.396. The fourth-order valence-corrected chi connectivity index (χ4v) is 2.63. The van der Waals surface area contributed by atoms with Crippen molar-refractivity contribution in [1.82, 2.24) is 4.98 Å². The van der Waals surface area contributed by atoms with Crippen molar-refractivity contribution in [3.05, 3.63) is 32.5 Å². The third kappa shape index (κ3) is 1.80. The lowest BCUT2D eigenvalue weighted by Gasteiger charge is -2.08. The summed E-state index contributed by atoms with van der Waals surface area (Å²) in [5.41, 5.74) is 4.24. The zero-order valence-corrected chi connectivity index (χ0v) is 10.9. The molecule has 0 amide bonds. The van der Waals surface area contributed by atoms with E-state index in [1.165, 1.54) is 6.20 Å². The van der Waals surface area contributed by atoms with Crippen LogP contribution >= 0.6 is 34.2 Å². The number of nitrogen functional groups attached to an aromatic ring is 1. The first-order valence-electron chi connectivity index (χ1n) is 4.32. The van der Waals surface area contributed by atoms with Crippen LogP contribution in [0.25, 0.3) is 10.9 Å². The molecule has 1 heterocycles. The second kappa shape index (κ2) is 4.41. The Balaban J connectivity index is 2.93. The minimum Gasteiger partial charge on any atom is -0.322 e. The van der Waals surface area contributed by atoms with E-state index in [0.717, 1.165) is 14.5 Å². The van der Waals surface area contributed by atoms with Gasteiger partial charge in [-0.3, -0.25) is 10.8 Å². The number of fused-ring (bicyclic) bond motifs is 1. The van der Waals surface area contributed by atoms with Crippen LogP contribution in [0.1, 0.15) is 5.56 Å². The van der Waals surface area contributed by atoms with Gasteiger partial charge in [0.2, 0.25) is 0 Å². The van der Waals surface area contributed by atoms with Crippen LogP contribution in [0.2, 0.25) is 5.02 Å². The number of hydrogen-bond donors (Lipinski definition) is 2. The average molecular weight is 345 g/mol. The summed E-state index contributed by atoms with van der Waals surface area (Å²) >= 11 is 8.11. The molecular weight excluding hydrogens is 338 g/mol. The number of hydrazine groups is 1. The summed E-state index contributed by atoms with van der Waals surface area (Å²) in [5.74, 6) is 5.42. The molecule has 16 heavy (non-hydrogen) atoms. The highest BCUT2D eigenvalue weighted by Crippen LogP contribution is 2.30. The van der Waals surface area contributed by atoms with Gasteiger partial charge in [-0.25, -0.2) is 0 Å². The Labute approximate surface area is 111 Å². The Kier molecular flexibility index (Phi) is 3.14. The van der Waals surface area contributed by atoms with Crippen molar-refractivity contribution in [2.24, 2.45) is 5.84 Å². The molecule has 0 aliphatic heterocycles. The topological polar surface area (TPSA) is 74.7 Å². The predicted molar refractivity (Wildman–Crippen MR) is 72.0 cm³/mol. The van der Waals surface area contributed by atoms with Gasteiger partial charge in [0.15, 0.2) is 0 Å². The van der Waals surface area contributed by atoms with Gasteiger partial charge in [-0.15, -0.1) is 0 Å². The number of nitriles is 1. The number of nitrogens with one attached hydrogen (secondary N) is 1. The number of hydrogen-bond acceptors (Lipinski definition) is 4. The van der Waals surface area contributed by atoms with Crippen molar-refractivity contribution in [2.45, 2.75) is 0 Å². The number of benzene rings is 1. The van der Waals surface area contributed by atoms with Crippen molar-refractivity contribution in [3.8, 4) is 6.07 Å². The number of rotatable bonds is 1. The van der Waals surface area contributed by atoms with Gasteiger partial charge in [0.25, 0.3) is 0 Å². The van der Waals surface area contributed by atoms with Gasteiger partial charge < -0.3 is 5.43 Å². The van der Waals surface area contributed by atoms with Crippen molar-refractivity contribution >= 4 is 50.8 Å². The summed E-state index contributed by atoms with van der Waals surface area (Å²) in [5, 5.41) is 10.3. The maximum Gasteiger partial charge on any atom is 0.103 e. The van der Waals surface area contributed by atoms with Crippen LogP contribution in [0.3, 0.4) is 0 Å². The molecule has 0 fully saturated rings. The van der Waals surface area contributed by atoms with Gasteiger partial charge in [0.1, 0.15) is 6.07 Å². The van der Waals surface area contributed by atoms with Gasteiger partial charge in [0, 0.05) is 20.2 Å². The Hall–Kier alpha value is -1.10. The monoisotopic (exact) mass is 344 g/mol. The molecule has 1 aromatic carbocycles. The van der Waals surface area contributed by atoms with E-state index >= 15 is 0 Å². The van der Waals surface area contributed by atoms with Gasteiger partial charge in [-0.2, -0.15) is 5.26 Å². The molecule has 0 aliphatic rings. The Morgan fingerprint density at radius 3 is 2.88 bits per heavy atom. The molecule has 0 radical (unpaired) electrons. The molecule has 4 nitrogen and oxygen atoms in total. The second-order valence-electron chi connectivity index (χ2n) is 3.09. The highest BCUT2D eigenvalue weighted by Gasteiger charge is 2.10. The van der Waals surface area contributed by atoms with Crippen LogP contribution in [-0.4, -0.2) is 4.98 Å². The van der Waals surface area contributed by atoms with E-state index in [0.29, 0.717) is 16.3 Å². The Morgan fingerprint density at radius 1 is 1.50 bits per heavy atom. The number of nitrogens with two attached hydrogens (primary N) is 1. The molecule has 1 aromatic heterocycles. The van der Waals surface area contributed by atoms with Crippen LogP contribution in [0.5, 0.6) is 0 Å². The van der Waals surface area contributed by atoms with Crippen molar-refractivity contribution in [3.63, 3.8) is 0 Å². The summed E-state index contributed by atoms with van der Waals surface area (Å²) in [4.78, 5) is 4.22. The van der Waals surface area contributed by atoms with Crippen LogP contribution in [0.15, 0.2) is 18.3 Å². The summed E-state index contributed by atoms with van der Waals surface area (Å²) in [6, 6.07) is 5.57. The first-order chi connectivity index (χ1) is 7.67. The van der Waals surface area contributed by atoms with Gasteiger partial charge in [0.05, 0.1) is 16.8 Å². The number of aromatic nitrogens is 1. The van der Waals surface area contributed by atoms with Crippen LogP contribution < -0.4 is 11.3 Å². The zero-order valence-electron chi connectivity index (χ0n) is 7.96. The van der Waals surface area contributed by atoms with Crippen LogP contribution in [0, 0.1) is 14.9 Å². The number of halogens is 2. The summed E-state index contributed by atoms with van der Waals surface area (Å²) in [7, 11) is 0. The van der Waals surface area contributed by atoms with E-state index < -0.39 is 0 Å². The molecule has 0 saturated carbocycles. The molecule has 0 spiro atoms. The molecular formula is C10H6ClIN4. The molecule has 80 valence electrons. The van der Waals surface area contributed by atoms with Crippen LogP contribution in [0.4, 0.5) is 5.69 Å². The van der Waals surface area contributed by atoms with Crippen molar-refractivity contribution < 1.29 is 0 Å². The lowest BCUT2D eigenvalue weighted by molar-refractivity contribution is 1.30. The number of nitrogens with zero attached hydrogens (tertiary/aromatic N) is 2. The molecule has 6 heteroatoms. The van der Waals surface area contributed by atoms with Gasteiger partial charge in [-0.1, -0.05) is 11.6 Å². The lowest BCUT2D eigenvalue weighted by atomic mass is 10.1. The quantitative estimate of drug-likeness (QED) is 0.474. The van der Waals surface area contributed by atoms with E-state index in [1.54, 1.807) is 6.07 Å². The number of anilines is 1. The van der Waals surface area contributed by atoms with E-state index in [1.807, 2.05) is 12.1 Å². The number of pyridine rings is 1. The van der Waals surface area contributed by atoms with Crippen molar-refractivity contribution in [1.29, 1.82) is 5.26 Å². The van der Waals surface area contributed by atoms with Crippen LogP contribution in [-0.2, 0) is 0 Å². The average Bonchev–Trinajstić information content (AvgIpc) is 2.27. The lowest BCUT2D eigenvalue weighted by Crippen LogP contribution is -2.09. The molecule has 0 saturated heterocycles. The summed E-state index contributed by atoms with van der Waals surface area (Å²) < 4.78 is 0.918. The molecule has 3 N–H and O–H groups in total. The van der Waals surface area contributed by atoms with E-state index in [9.17, 15) is 0 Å². The van der Waals surface area contributed by atoms with E-state index in [-0.39, 0.29) is 0 Å². The standard InChI is InChI=1S/C10H6ClIN4/c11-6-1-7-9(16-14)5(3-13)4-15-10(7)8(12)2-6/h1-2,4H,14H2,(H,15,16). The maximum absolute atomic E-state index is 8.93. The first-order valence-corrected chi connectivity index (χ1v) is 5.77. The first kappa shape index (κ1) is 11.4. The Morgan fingerprint density at radius 2 is 2.25 bits per heavy atom. The summed E-state index contributed by atoms with van der Waals surface area (Å²) in [6.07, 6.45) is 1.49. The molecule has 0 bridgehead atoms. The zero-order chi connectivity index (χ0) is 11.7. The molecule has 0 atom stereocenters. The highest BCUT2D eigenvalue weighted by molar-refractivity contribution is 14.1. The predicted octanol–water partition coefficient (Wildman–Crippen LogP) is 2.65. The molecule has 2 rings (SSSR count).